The van der Waals surface area contributed by atoms with Gasteiger partial charge in [-0.25, -0.2) is 0 Å². The van der Waals surface area contributed by atoms with Crippen LogP contribution in [-0.4, -0.2) is 15.2 Å². The first-order valence-electron chi connectivity index (χ1n) is 6.28. The number of aromatic amines is 1. The predicted octanol–water partition coefficient (Wildman–Crippen LogP) is 3.76. The van der Waals surface area contributed by atoms with E-state index in [4.69, 9.17) is 0 Å². The molecule has 0 unspecified atom stereocenters. The van der Waals surface area contributed by atoms with Crippen LogP contribution in [0.25, 0.3) is 22.6 Å². The first-order chi connectivity index (χ1) is 9.24. The van der Waals surface area contributed by atoms with E-state index in [0.717, 1.165) is 22.6 Å². The third-order valence-electron chi connectivity index (χ3n) is 3.30. The Labute approximate surface area is 112 Å². The number of nitrogens with zero attached hydrogens (tertiary/aromatic N) is 2. The van der Waals surface area contributed by atoms with E-state index < -0.39 is 0 Å². The van der Waals surface area contributed by atoms with Crippen molar-refractivity contribution in [3.05, 3.63) is 59.8 Å². The van der Waals surface area contributed by atoms with E-state index in [0.29, 0.717) is 0 Å². The molecular weight excluding hydrogens is 234 g/mol. The van der Waals surface area contributed by atoms with E-state index in [2.05, 4.69) is 47.2 Å². The van der Waals surface area contributed by atoms with Gasteiger partial charge in [0.2, 0.25) is 0 Å². The number of H-pyrrole nitrogens is 1. The quantitative estimate of drug-likeness (QED) is 0.751. The predicted molar refractivity (Wildman–Crippen MR) is 76.7 cm³/mol. The zero-order chi connectivity index (χ0) is 13.2. The van der Waals surface area contributed by atoms with Gasteiger partial charge >= 0.3 is 0 Å². The van der Waals surface area contributed by atoms with Crippen LogP contribution < -0.4 is 0 Å². The normalized spacial score (nSPS) is 10.6. The summed E-state index contributed by atoms with van der Waals surface area (Å²) in [7, 11) is 0. The molecule has 19 heavy (non-hydrogen) atoms. The summed E-state index contributed by atoms with van der Waals surface area (Å²) >= 11 is 0. The maximum atomic E-state index is 4.43. The second-order valence-corrected chi connectivity index (χ2v) is 4.69. The van der Waals surface area contributed by atoms with Crippen LogP contribution in [0.4, 0.5) is 0 Å². The number of benzene rings is 1. The summed E-state index contributed by atoms with van der Waals surface area (Å²) in [5.74, 6) is 0. The van der Waals surface area contributed by atoms with Gasteiger partial charge in [0.1, 0.15) is 5.69 Å². The van der Waals surface area contributed by atoms with Crippen molar-refractivity contribution in [2.45, 2.75) is 13.8 Å². The van der Waals surface area contributed by atoms with Gasteiger partial charge in [-0.1, -0.05) is 30.3 Å². The minimum absolute atomic E-state index is 0.877. The maximum absolute atomic E-state index is 4.43. The zero-order valence-corrected chi connectivity index (χ0v) is 11.0. The first kappa shape index (κ1) is 11.7. The van der Waals surface area contributed by atoms with E-state index in [1.165, 1.54) is 11.1 Å². The fourth-order valence-electron chi connectivity index (χ4n) is 1.98. The Morgan fingerprint density at radius 2 is 1.68 bits per heavy atom. The molecule has 0 aliphatic rings. The minimum atomic E-state index is 0.877. The Balaban J connectivity index is 1.99. The molecule has 2 aromatic heterocycles. The van der Waals surface area contributed by atoms with Gasteiger partial charge in [0.15, 0.2) is 0 Å². The van der Waals surface area contributed by atoms with Crippen LogP contribution in [0.5, 0.6) is 0 Å². The second-order valence-electron chi connectivity index (χ2n) is 4.69. The Morgan fingerprint density at radius 3 is 2.42 bits per heavy atom. The lowest BCUT2D eigenvalue weighted by atomic mass is 10.1. The van der Waals surface area contributed by atoms with E-state index in [9.17, 15) is 0 Å². The summed E-state index contributed by atoms with van der Waals surface area (Å²) in [5, 5.41) is 7.41. The lowest BCUT2D eigenvalue weighted by Gasteiger charge is -2.00. The third-order valence-corrected chi connectivity index (χ3v) is 3.30. The molecule has 0 spiro atoms. The molecule has 0 bridgehead atoms. The van der Waals surface area contributed by atoms with Crippen molar-refractivity contribution < 1.29 is 0 Å². The molecule has 2 heterocycles. The molecule has 3 aromatic rings. The molecule has 0 saturated heterocycles. The van der Waals surface area contributed by atoms with Gasteiger partial charge in [-0.2, -0.15) is 5.10 Å². The summed E-state index contributed by atoms with van der Waals surface area (Å²) in [6, 6.07) is 14.3. The number of aromatic nitrogens is 3. The molecule has 3 heteroatoms. The van der Waals surface area contributed by atoms with Gasteiger partial charge in [-0.3, -0.25) is 10.1 Å². The summed E-state index contributed by atoms with van der Waals surface area (Å²) in [4.78, 5) is 4.43. The number of rotatable bonds is 2. The van der Waals surface area contributed by atoms with Crippen molar-refractivity contribution >= 4 is 0 Å². The van der Waals surface area contributed by atoms with Crippen LogP contribution in [-0.2, 0) is 0 Å². The zero-order valence-electron chi connectivity index (χ0n) is 11.0. The highest BCUT2D eigenvalue weighted by molar-refractivity contribution is 5.66. The molecule has 3 rings (SSSR count). The van der Waals surface area contributed by atoms with Crippen LogP contribution in [0.15, 0.2) is 48.7 Å². The van der Waals surface area contributed by atoms with Crippen LogP contribution >= 0.6 is 0 Å². The molecule has 0 amide bonds. The fourth-order valence-corrected chi connectivity index (χ4v) is 1.98. The number of nitrogens with one attached hydrogen (secondary N) is 1. The average molecular weight is 249 g/mol. The van der Waals surface area contributed by atoms with Crippen molar-refractivity contribution in [3.63, 3.8) is 0 Å². The molecule has 1 aromatic carbocycles. The molecular formula is C16H15N3. The van der Waals surface area contributed by atoms with Crippen molar-refractivity contribution in [3.8, 4) is 22.6 Å². The number of aryl methyl sites for hydroxylation is 2. The fraction of sp³-hybridized carbons (Fsp3) is 0.125. The Kier molecular flexibility index (Phi) is 2.88. The molecule has 0 atom stereocenters. The van der Waals surface area contributed by atoms with Gasteiger partial charge in [-0.15, -0.1) is 0 Å². The van der Waals surface area contributed by atoms with Crippen molar-refractivity contribution in [2.24, 2.45) is 0 Å². The third kappa shape index (κ3) is 2.27. The van der Waals surface area contributed by atoms with Crippen LogP contribution in [0.2, 0.25) is 0 Å². The van der Waals surface area contributed by atoms with Gasteiger partial charge in [-0.05, 0) is 42.7 Å². The van der Waals surface area contributed by atoms with Gasteiger partial charge in [0.25, 0.3) is 0 Å². The van der Waals surface area contributed by atoms with Gasteiger partial charge in [0.05, 0.1) is 11.4 Å². The Bertz CT molecular complexity index is 699. The number of hydrogen-bond donors (Lipinski definition) is 1. The van der Waals surface area contributed by atoms with Crippen molar-refractivity contribution in [1.29, 1.82) is 0 Å². The highest BCUT2D eigenvalue weighted by Crippen LogP contribution is 2.23. The molecule has 3 nitrogen and oxygen atoms in total. The average Bonchev–Trinajstić information content (AvgIpc) is 2.93. The lowest BCUT2D eigenvalue weighted by molar-refractivity contribution is 1.08. The molecule has 0 aliphatic carbocycles. The highest BCUT2D eigenvalue weighted by Gasteiger charge is 2.07. The molecule has 0 aliphatic heterocycles. The maximum Gasteiger partial charge on any atom is 0.111 e. The van der Waals surface area contributed by atoms with E-state index in [-0.39, 0.29) is 0 Å². The minimum Gasteiger partial charge on any atom is -0.277 e. The SMILES string of the molecule is Cc1cnc(-c2cc(-c3ccccc3)[nH]n2)cc1C. The van der Waals surface area contributed by atoms with Gasteiger partial charge < -0.3 is 0 Å². The van der Waals surface area contributed by atoms with E-state index in [1.54, 1.807) is 0 Å². The summed E-state index contributed by atoms with van der Waals surface area (Å²) in [6.07, 6.45) is 1.89. The topological polar surface area (TPSA) is 41.6 Å². The molecule has 94 valence electrons. The van der Waals surface area contributed by atoms with Crippen molar-refractivity contribution in [2.75, 3.05) is 0 Å². The first-order valence-corrected chi connectivity index (χ1v) is 6.28. The van der Waals surface area contributed by atoms with Crippen molar-refractivity contribution in [1.82, 2.24) is 15.2 Å². The summed E-state index contributed by atoms with van der Waals surface area (Å²) in [6.45, 7) is 4.15. The van der Waals surface area contributed by atoms with E-state index in [1.807, 2.05) is 30.5 Å². The molecule has 0 radical (unpaired) electrons. The summed E-state index contributed by atoms with van der Waals surface area (Å²) in [5.41, 5.74) is 6.35. The smallest absolute Gasteiger partial charge is 0.111 e. The van der Waals surface area contributed by atoms with Crippen LogP contribution in [0.3, 0.4) is 0 Å². The monoisotopic (exact) mass is 249 g/mol. The standard InChI is InChI=1S/C16H15N3/c1-11-8-15(17-10-12(11)2)16-9-14(18-19-16)13-6-4-3-5-7-13/h3-10H,1-2H3,(H,18,19). The number of hydrogen-bond acceptors (Lipinski definition) is 2. The Hall–Kier alpha value is -2.42. The molecule has 0 saturated carbocycles. The summed E-state index contributed by atoms with van der Waals surface area (Å²) < 4.78 is 0. The van der Waals surface area contributed by atoms with Gasteiger partial charge in [0, 0.05) is 6.20 Å². The largest absolute Gasteiger partial charge is 0.277 e. The van der Waals surface area contributed by atoms with Crippen LogP contribution in [0.1, 0.15) is 11.1 Å². The number of pyridine rings is 1. The Morgan fingerprint density at radius 1 is 0.895 bits per heavy atom. The lowest BCUT2D eigenvalue weighted by Crippen LogP contribution is -1.88. The molecule has 0 fully saturated rings. The van der Waals surface area contributed by atoms with Crippen LogP contribution in [0, 0.1) is 13.8 Å². The van der Waals surface area contributed by atoms with E-state index >= 15 is 0 Å². The highest BCUT2D eigenvalue weighted by atomic mass is 15.1. The molecule has 1 N–H and O–H groups in total. The second kappa shape index (κ2) is 4.69.